The molecule has 0 amide bonds. The van der Waals surface area contributed by atoms with Crippen molar-refractivity contribution in [3.63, 3.8) is 0 Å². The SMILES string of the molecule is CC(C)[Si](O[C@H]1CC[C@@H](c2cccc(F)c2F)[C@H](OS(C)(=O)=O)c2cccnc21)(C(C)C)C(C)C. The maximum absolute atomic E-state index is 15.0. The van der Waals surface area contributed by atoms with Crippen LogP contribution < -0.4 is 0 Å². The van der Waals surface area contributed by atoms with E-state index in [9.17, 15) is 17.2 Å². The van der Waals surface area contributed by atoms with Crippen LogP contribution in [0.3, 0.4) is 0 Å². The van der Waals surface area contributed by atoms with E-state index in [1.165, 1.54) is 12.1 Å². The standard InChI is InChI=1S/C26H37F2NO4SSi/c1-16(2)35(17(3)4,18(5)6)33-23-14-13-20(19-10-8-12-22(27)24(19)28)26(32-34(7,30)31)21-11-9-15-29-25(21)23/h8-12,15-18,20,23,26H,13-14H2,1-7H3/t20-,23-,26-/m0/s1. The van der Waals surface area contributed by atoms with E-state index in [2.05, 4.69) is 46.5 Å². The molecule has 0 spiro atoms. The second-order valence-electron chi connectivity index (χ2n) is 10.4. The van der Waals surface area contributed by atoms with Crippen molar-refractivity contribution in [1.29, 1.82) is 0 Å². The molecule has 0 unspecified atom stereocenters. The zero-order valence-corrected chi connectivity index (χ0v) is 23.4. The first-order valence-electron chi connectivity index (χ1n) is 12.2. The number of benzene rings is 1. The number of halogens is 2. The Morgan fingerprint density at radius 2 is 1.54 bits per heavy atom. The maximum atomic E-state index is 15.0. The highest BCUT2D eigenvalue weighted by molar-refractivity contribution is 7.86. The summed E-state index contributed by atoms with van der Waals surface area (Å²) in [6.07, 6.45) is 1.99. The molecule has 5 nitrogen and oxygen atoms in total. The van der Waals surface area contributed by atoms with Crippen LogP contribution in [-0.2, 0) is 18.7 Å². The van der Waals surface area contributed by atoms with Crippen molar-refractivity contribution in [1.82, 2.24) is 4.98 Å². The molecule has 0 saturated heterocycles. The molecule has 1 aromatic heterocycles. The van der Waals surface area contributed by atoms with Crippen LogP contribution in [0.5, 0.6) is 0 Å². The van der Waals surface area contributed by atoms with Crippen LogP contribution in [0.4, 0.5) is 8.78 Å². The Morgan fingerprint density at radius 3 is 2.11 bits per heavy atom. The van der Waals surface area contributed by atoms with Crippen LogP contribution in [0.1, 0.15) is 89.3 Å². The third kappa shape index (κ3) is 5.68. The van der Waals surface area contributed by atoms with Crippen molar-refractivity contribution >= 4 is 18.4 Å². The van der Waals surface area contributed by atoms with Gasteiger partial charge in [-0.2, -0.15) is 8.42 Å². The minimum atomic E-state index is -3.92. The molecule has 35 heavy (non-hydrogen) atoms. The van der Waals surface area contributed by atoms with Crippen LogP contribution >= 0.6 is 0 Å². The Hall–Kier alpha value is -1.68. The number of pyridine rings is 1. The fourth-order valence-electron chi connectivity index (χ4n) is 5.98. The molecule has 0 N–H and O–H groups in total. The van der Waals surface area contributed by atoms with Gasteiger partial charge in [0.15, 0.2) is 11.6 Å². The second kappa shape index (κ2) is 10.7. The number of hydrogen-bond acceptors (Lipinski definition) is 5. The summed E-state index contributed by atoms with van der Waals surface area (Å²) in [5, 5.41) is 0. The van der Waals surface area contributed by atoms with Gasteiger partial charge in [0, 0.05) is 17.7 Å². The Balaban J connectivity index is 2.19. The highest BCUT2D eigenvalue weighted by Gasteiger charge is 2.48. The number of fused-ring (bicyclic) bond motifs is 1. The van der Waals surface area contributed by atoms with Gasteiger partial charge in [0.25, 0.3) is 10.1 Å². The van der Waals surface area contributed by atoms with E-state index >= 15 is 0 Å². The molecule has 0 fully saturated rings. The van der Waals surface area contributed by atoms with Crippen molar-refractivity contribution in [2.75, 3.05) is 6.26 Å². The molecule has 1 heterocycles. The van der Waals surface area contributed by atoms with Crippen LogP contribution in [0, 0.1) is 11.6 Å². The van der Waals surface area contributed by atoms with E-state index in [4.69, 9.17) is 8.61 Å². The molecule has 1 aliphatic carbocycles. The summed E-state index contributed by atoms with van der Waals surface area (Å²) in [7, 11) is -6.24. The monoisotopic (exact) mass is 525 g/mol. The van der Waals surface area contributed by atoms with E-state index in [-0.39, 0.29) is 5.56 Å². The van der Waals surface area contributed by atoms with Gasteiger partial charge in [-0.25, -0.2) is 8.78 Å². The molecular weight excluding hydrogens is 488 g/mol. The lowest BCUT2D eigenvalue weighted by Gasteiger charge is -2.44. The number of nitrogens with zero attached hydrogens (tertiary/aromatic N) is 1. The van der Waals surface area contributed by atoms with Gasteiger partial charge in [0.2, 0.25) is 8.32 Å². The molecule has 0 bridgehead atoms. The zero-order valence-electron chi connectivity index (χ0n) is 21.6. The molecule has 2 aromatic rings. The molecule has 3 rings (SSSR count). The van der Waals surface area contributed by atoms with E-state index < -0.39 is 48.2 Å². The molecule has 9 heteroatoms. The third-order valence-electron chi connectivity index (χ3n) is 7.30. The van der Waals surface area contributed by atoms with Gasteiger partial charge in [0.1, 0.15) is 6.10 Å². The third-order valence-corrected chi connectivity index (χ3v) is 14.0. The minimum absolute atomic E-state index is 0.0918. The van der Waals surface area contributed by atoms with Crippen LogP contribution in [0.2, 0.25) is 16.6 Å². The van der Waals surface area contributed by atoms with Crippen molar-refractivity contribution < 1.29 is 25.8 Å². The first-order valence-corrected chi connectivity index (χ1v) is 16.2. The lowest BCUT2D eigenvalue weighted by atomic mass is 9.87. The number of hydrogen-bond donors (Lipinski definition) is 0. The van der Waals surface area contributed by atoms with E-state index in [0.717, 1.165) is 12.3 Å². The fraction of sp³-hybridized carbons (Fsp3) is 0.577. The van der Waals surface area contributed by atoms with Gasteiger partial charge in [-0.05, 0) is 47.2 Å². The van der Waals surface area contributed by atoms with E-state index in [1.54, 1.807) is 18.3 Å². The molecule has 0 aliphatic heterocycles. The lowest BCUT2D eigenvalue weighted by Crippen LogP contribution is -2.48. The van der Waals surface area contributed by atoms with Crippen molar-refractivity contribution in [3.05, 3.63) is 65.0 Å². The van der Waals surface area contributed by atoms with Gasteiger partial charge in [0.05, 0.1) is 18.1 Å². The Morgan fingerprint density at radius 1 is 0.943 bits per heavy atom. The summed E-state index contributed by atoms with van der Waals surface area (Å²) in [6.45, 7) is 13.2. The zero-order chi connectivity index (χ0) is 26.1. The summed E-state index contributed by atoms with van der Waals surface area (Å²) in [4.78, 5) is 4.63. The van der Waals surface area contributed by atoms with Crippen LogP contribution in [0.25, 0.3) is 0 Å². The normalized spacial score (nSPS) is 21.4. The summed E-state index contributed by atoms with van der Waals surface area (Å²) >= 11 is 0. The van der Waals surface area contributed by atoms with Gasteiger partial charge in [-0.3, -0.25) is 9.17 Å². The summed E-state index contributed by atoms with van der Waals surface area (Å²) in [5.41, 5.74) is 2.23. The topological polar surface area (TPSA) is 65.5 Å². The maximum Gasteiger partial charge on any atom is 0.264 e. The molecule has 0 saturated carbocycles. The van der Waals surface area contributed by atoms with Gasteiger partial charge < -0.3 is 4.43 Å². The highest BCUT2D eigenvalue weighted by Crippen LogP contribution is 2.51. The average molecular weight is 526 g/mol. The average Bonchev–Trinajstić information content (AvgIpc) is 2.89. The van der Waals surface area contributed by atoms with Crippen LogP contribution in [0.15, 0.2) is 36.5 Å². The predicted octanol–water partition coefficient (Wildman–Crippen LogP) is 7.19. The van der Waals surface area contributed by atoms with E-state index in [0.29, 0.717) is 40.7 Å². The molecule has 1 aromatic carbocycles. The second-order valence-corrected chi connectivity index (χ2v) is 17.5. The van der Waals surface area contributed by atoms with Crippen molar-refractivity contribution in [2.24, 2.45) is 0 Å². The molecule has 3 atom stereocenters. The minimum Gasteiger partial charge on any atom is -0.408 e. The fourth-order valence-corrected chi connectivity index (χ4v) is 12.1. The molecule has 1 aliphatic rings. The van der Waals surface area contributed by atoms with E-state index in [1.807, 2.05) is 0 Å². The summed E-state index contributed by atoms with van der Waals surface area (Å²) in [5.74, 6) is -2.69. The molecule has 0 radical (unpaired) electrons. The molecule has 194 valence electrons. The predicted molar refractivity (Wildman–Crippen MR) is 136 cm³/mol. The summed E-state index contributed by atoms with van der Waals surface area (Å²) < 4.78 is 66.4. The highest BCUT2D eigenvalue weighted by atomic mass is 32.2. The number of rotatable bonds is 8. The quantitative estimate of drug-likeness (QED) is 0.207. The first kappa shape index (κ1) is 27.9. The molecular formula is C26H37F2NO4SSi. The number of aromatic nitrogens is 1. The summed E-state index contributed by atoms with van der Waals surface area (Å²) in [6, 6.07) is 7.44. The Bertz CT molecular complexity index is 1120. The Kier molecular flexibility index (Phi) is 8.56. The van der Waals surface area contributed by atoms with Gasteiger partial charge >= 0.3 is 0 Å². The largest absolute Gasteiger partial charge is 0.408 e. The van der Waals surface area contributed by atoms with Crippen molar-refractivity contribution in [2.45, 2.75) is 89.1 Å². The van der Waals surface area contributed by atoms with Gasteiger partial charge in [-0.15, -0.1) is 0 Å². The van der Waals surface area contributed by atoms with Crippen molar-refractivity contribution in [3.8, 4) is 0 Å². The van der Waals surface area contributed by atoms with Crippen LogP contribution in [-0.4, -0.2) is 28.0 Å². The smallest absolute Gasteiger partial charge is 0.264 e. The Labute approximate surface area is 209 Å². The van der Waals surface area contributed by atoms with Gasteiger partial charge in [-0.1, -0.05) is 59.7 Å². The first-order chi connectivity index (χ1) is 16.3. The lowest BCUT2D eigenvalue weighted by molar-refractivity contribution is 0.154.